The van der Waals surface area contributed by atoms with Gasteiger partial charge < -0.3 is 10.1 Å². The quantitative estimate of drug-likeness (QED) is 0.850. The Morgan fingerprint density at radius 2 is 2.19 bits per heavy atom. The summed E-state index contributed by atoms with van der Waals surface area (Å²) < 4.78 is 18.9. The molecule has 1 saturated carbocycles. The van der Waals surface area contributed by atoms with Gasteiger partial charge in [-0.15, -0.1) is 11.3 Å². The lowest BCUT2D eigenvalue weighted by Crippen LogP contribution is -2.14. The van der Waals surface area contributed by atoms with Crippen molar-refractivity contribution in [3.8, 4) is 5.75 Å². The molecule has 21 heavy (non-hydrogen) atoms. The first kappa shape index (κ1) is 14.5. The molecule has 1 N–H and O–H groups in total. The maximum Gasteiger partial charge on any atom is 0.165 e. The summed E-state index contributed by atoms with van der Waals surface area (Å²) in [6.07, 6.45) is 3.30. The predicted octanol–water partition coefficient (Wildman–Crippen LogP) is 3.46. The fourth-order valence-corrected chi connectivity index (χ4v) is 3.10. The van der Waals surface area contributed by atoms with Crippen LogP contribution in [0.4, 0.5) is 4.39 Å². The third kappa shape index (κ3) is 4.02. The zero-order valence-electron chi connectivity index (χ0n) is 12.1. The third-order valence-electron chi connectivity index (χ3n) is 3.48. The van der Waals surface area contributed by atoms with Crippen molar-refractivity contribution >= 4 is 11.3 Å². The molecule has 0 saturated heterocycles. The Hall–Kier alpha value is -1.46. The molecule has 1 aromatic heterocycles. The number of aryl methyl sites for hydroxylation is 1. The van der Waals surface area contributed by atoms with Crippen LogP contribution in [0.25, 0.3) is 0 Å². The van der Waals surface area contributed by atoms with Crippen LogP contribution in [0.5, 0.6) is 5.75 Å². The number of rotatable bonds is 7. The van der Waals surface area contributed by atoms with Gasteiger partial charge in [0, 0.05) is 23.9 Å². The van der Waals surface area contributed by atoms with Gasteiger partial charge in [-0.05, 0) is 31.9 Å². The van der Waals surface area contributed by atoms with E-state index in [0.717, 1.165) is 17.2 Å². The van der Waals surface area contributed by atoms with E-state index in [1.165, 1.54) is 23.8 Å². The first-order chi connectivity index (χ1) is 10.2. The highest BCUT2D eigenvalue weighted by atomic mass is 32.1. The summed E-state index contributed by atoms with van der Waals surface area (Å²) in [6, 6.07) is 7.19. The average molecular weight is 306 g/mol. The minimum absolute atomic E-state index is 0.307. The zero-order valence-corrected chi connectivity index (χ0v) is 12.9. The Bertz CT molecular complexity index is 610. The van der Waals surface area contributed by atoms with Crippen LogP contribution >= 0.6 is 11.3 Å². The molecule has 0 amide bonds. The molecule has 0 spiro atoms. The molecule has 1 aliphatic rings. The lowest BCUT2D eigenvalue weighted by atomic mass is 10.3. The van der Waals surface area contributed by atoms with Gasteiger partial charge in [-0.1, -0.05) is 12.1 Å². The summed E-state index contributed by atoms with van der Waals surface area (Å²) in [5.41, 5.74) is 1.09. The van der Waals surface area contributed by atoms with Gasteiger partial charge in [0.15, 0.2) is 11.6 Å². The predicted molar refractivity (Wildman–Crippen MR) is 82.3 cm³/mol. The monoisotopic (exact) mass is 306 g/mol. The van der Waals surface area contributed by atoms with E-state index >= 15 is 0 Å². The highest BCUT2D eigenvalue weighted by molar-refractivity contribution is 7.11. The average Bonchev–Trinajstić information content (AvgIpc) is 3.23. The van der Waals surface area contributed by atoms with E-state index < -0.39 is 0 Å². The second-order valence-corrected chi connectivity index (χ2v) is 6.47. The van der Waals surface area contributed by atoms with E-state index in [4.69, 9.17) is 4.74 Å². The van der Waals surface area contributed by atoms with Crippen LogP contribution in [-0.2, 0) is 13.0 Å². The number of para-hydroxylation sites is 1. The summed E-state index contributed by atoms with van der Waals surface area (Å²) in [5.74, 6) is -0.0106. The van der Waals surface area contributed by atoms with Gasteiger partial charge in [0.25, 0.3) is 0 Å². The van der Waals surface area contributed by atoms with Crippen molar-refractivity contribution in [3.05, 3.63) is 45.7 Å². The van der Waals surface area contributed by atoms with E-state index in [2.05, 4.69) is 10.3 Å². The smallest absolute Gasteiger partial charge is 0.165 e. The second-order valence-electron chi connectivity index (χ2n) is 5.30. The molecule has 1 fully saturated rings. The Labute approximate surface area is 128 Å². The maximum absolute atomic E-state index is 13.4. The second kappa shape index (κ2) is 6.54. The fraction of sp³-hybridized carbons (Fsp3) is 0.438. The summed E-state index contributed by atoms with van der Waals surface area (Å²) in [5, 5.41) is 4.56. The normalized spacial score (nSPS) is 14.4. The largest absolute Gasteiger partial charge is 0.490 e. The number of nitrogens with one attached hydrogen (secondary N) is 1. The van der Waals surface area contributed by atoms with Crippen LogP contribution in [0, 0.1) is 12.7 Å². The minimum atomic E-state index is -0.317. The number of nitrogens with zero attached hydrogens (tertiary/aromatic N) is 1. The van der Waals surface area contributed by atoms with E-state index in [-0.39, 0.29) is 5.82 Å². The fourth-order valence-electron chi connectivity index (χ4n) is 2.09. The number of hydrogen-bond donors (Lipinski definition) is 1. The molecule has 112 valence electrons. The van der Waals surface area contributed by atoms with E-state index in [1.54, 1.807) is 29.5 Å². The maximum atomic E-state index is 13.4. The topological polar surface area (TPSA) is 34.1 Å². The summed E-state index contributed by atoms with van der Waals surface area (Å²) in [7, 11) is 0. The van der Waals surface area contributed by atoms with Gasteiger partial charge in [0.1, 0.15) is 0 Å². The lowest BCUT2D eigenvalue weighted by Gasteiger charge is -2.05. The Morgan fingerprint density at radius 1 is 1.38 bits per heavy atom. The zero-order chi connectivity index (χ0) is 14.7. The molecule has 5 heteroatoms. The summed E-state index contributed by atoms with van der Waals surface area (Å²) in [4.78, 5) is 5.86. The van der Waals surface area contributed by atoms with Crippen molar-refractivity contribution in [1.29, 1.82) is 0 Å². The van der Waals surface area contributed by atoms with Crippen LogP contribution in [0.2, 0.25) is 0 Å². The molecule has 3 nitrogen and oxygen atoms in total. The van der Waals surface area contributed by atoms with Crippen molar-refractivity contribution in [3.63, 3.8) is 0 Å². The van der Waals surface area contributed by atoms with Crippen molar-refractivity contribution in [2.24, 2.45) is 0 Å². The Morgan fingerprint density at radius 3 is 2.95 bits per heavy atom. The number of ether oxygens (including phenoxy) is 1. The van der Waals surface area contributed by atoms with Gasteiger partial charge in [0.05, 0.1) is 17.3 Å². The summed E-state index contributed by atoms with van der Waals surface area (Å²) >= 11 is 1.72. The molecule has 0 atom stereocenters. The van der Waals surface area contributed by atoms with Crippen LogP contribution in [0.15, 0.2) is 24.3 Å². The van der Waals surface area contributed by atoms with Gasteiger partial charge >= 0.3 is 0 Å². The van der Waals surface area contributed by atoms with Gasteiger partial charge in [-0.25, -0.2) is 9.37 Å². The highest BCUT2D eigenvalue weighted by Gasteiger charge is 2.21. The van der Waals surface area contributed by atoms with Gasteiger partial charge in [-0.2, -0.15) is 0 Å². The van der Waals surface area contributed by atoms with Gasteiger partial charge in [-0.3, -0.25) is 0 Å². The number of thiazole rings is 1. The molecule has 0 unspecified atom stereocenters. The number of hydrogen-bond acceptors (Lipinski definition) is 4. The first-order valence-electron chi connectivity index (χ1n) is 7.28. The van der Waals surface area contributed by atoms with E-state index in [1.807, 2.05) is 6.92 Å². The van der Waals surface area contributed by atoms with Crippen molar-refractivity contribution < 1.29 is 9.13 Å². The third-order valence-corrected chi connectivity index (χ3v) is 4.69. The van der Waals surface area contributed by atoms with Crippen molar-refractivity contribution in [1.82, 2.24) is 10.3 Å². The molecule has 0 radical (unpaired) electrons. The summed E-state index contributed by atoms with van der Waals surface area (Å²) in [6.45, 7) is 3.40. The van der Waals surface area contributed by atoms with Crippen molar-refractivity contribution in [2.45, 2.75) is 38.8 Å². The van der Waals surface area contributed by atoms with Crippen LogP contribution < -0.4 is 10.1 Å². The molecular weight excluding hydrogens is 287 g/mol. The molecule has 1 aliphatic carbocycles. The van der Waals surface area contributed by atoms with Crippen molar-refractivity contribution in [2.75, 3.05) is 6.61 Å². The number of aromatic nitrogens is 1. The van der Waals surface area contributed by atoms with Crippen LogP contribution in [-0.4, -0.2) is 17.6 Å². The van der Waals surface area contributed by atoms with Crippen LogP contribution in [0.3, 0.4) is 0 Å². The molecule has 0 bridgehead atoms. The highest BCUT2D eigenvalue weighted by Crippen LogP contribution is 2.23. The van der Waals surface area contributed by atoms with E-state index in [0.29, 0.717) is 24.8 Å². The van der Waals surface area contributed by atoms with Crippen LogP contribution in [0.1, 0.15) is 28.4 Å². The Balaban J connectivity index is 1.50. The molecule has 1 heterocycles. The minimum Gasteiger partial charge on any atom is -0.490 e. The number of halogens is 1. The van der Waals surface area contributed by atoms with E-state index in [9.17, 15) is 4.39 Å². The first-order valence-corrected chi connectivity index (χ1v) is 8.10. The molecular formula is C16H19FN2OS. The SMILES string of the molecule is Cc1nc(CCOc2ccccc2F)sc1CNC1CC1. The molecule has 2 aromatic rings. The molecule has 0 aliphatic heterocycles. The molecule has 3 rings (SSSR count). The van der Waals surface area contributed by atoms with Gasteiger partial charge in [0.2, 0.25) is 0 Å². The Kier molecular flexibility index (Phi) is 4.51. The molecule has 1 aromatic carbocycles. The number of benzene rings is 1. The lowest BCUT2D eigenvalue weighted by molar-refractivity contribution is 0.305. The standard InChI is InChI=1S/C16H19FN2OS/c1-11-15(10-18-12-6-7-12)21-16(19-11)8-9-20-14-5-3-2-4-13(14)17/h2-5,12,18H,6-10H2,1H3.